The number of aliphatic hydroxyl groups is 1. The molecular formula is C24H25N3O7. The summed E-state index contributed by atoms with van der Waals surface area (Å²) in [4.78, 5) is 31.9. The fourth-order valence-corrected chi connectivity index (χ4v) is 4.11. The molecular weight excluding hydrogens is 442 g/mol. The summed E-state index contributed by atoms with van der Waals surface area (Å²) >= 11 is 0. The van der Waals surface area contributed by atoms with Gasteiger partial charge in [-0.3, -0.25) is 9.59 Å². The van der Waals surface area contributed by atoms with Crippen LogP contribution in [-0.2, 0) is 11.3 Å². The molecule has 2 aromatic heterocycles. The summed E-state index contributed by atoms with van der Waals surface area (Å²) in [7, 11) is 4.44. The highest BCUT2D eigenvalue weighted by atomic mass is 16.5. The summed E-state index contributed by atoms with van der Waals surface area (Å²) in [5, 5.41) is 10.8. The molecule has 1 aromatic carbocycles. The minimum absolute atomic E-state index is 0.0204. The van der Waals surface area contributed by atoms with Gasteiger partial charge in [0.1, 0.15) is 0 Å². The van der Waals surface area contributed by atoms with Gasteiger partial charge in [-0.2, -0.15) is 0 Å². The molecule has 0 radical (unpaired) electrons. The van der Waals surface area contributed by atoms with Gasteiger partial charge in [0.2, 0.25) is 11.5 Å². The lowest BCUT2D eigenvalue weighted by molar-refractivity contribution is -0.129. The molecule has 1 amide bonds. The molecule has 0 saturated heterocycles. The second kappa shape index (κ2) is 9.74. The Hall–Kier alpha value is -4.21. The van der Waals surface area contributed by atoms with E-state index in [1.807, 2.05) is 10.8 Å². The van der Waals surface area contributed by atoms with Crippen LogP contribution in [-0.4, -0.2) is 59.1 Å². The molecule has 10 heteroatoms. The van der Waals surface area contributed by atoms with Crippen LogP contribution in [0.1, 0.15) is 28.6 Å². The number of aliphatic hydroxyl groups excluding tert-OH is 1. The fourth-order valence-electron chi connectivity index (χ4n) is 4.11. The molecule has 0 saturated carbocycles. The normalized spacial score (nSPS) is 15.7. The predicted octanol–water partition coefficient (Wildman–Crippen LogP) is 3.17. The second-order valence-electron chi connectivity index (χ2n) is 7.58. The fraction of sp³-hybridized carbons (Fsp3) is 0.292. The Bertz CT molecular complexity index is 1170. The number of carbonyl (C=O) groups is 2. The number of benzene rings is 1. The van der Waals surface area contributed by atoms with Crippen LogP contribution in [0.5, 0.6) is 17.2 Å². The standard InChI is InChI=1S/C24H25N3O7/c1-31-17-12-15(13-18(32-2)23(17)33-3)20-19(21(28)16-6-4-11-34-16)22(29)24(30)27(20)9-5-8-26-10-7-25-14-26/h4,6-7,10-14,20,29H,5,8-9H2,1-3H3/t20-/m1/s1. The number of imidazole rings is 1. The monoisotopic (exact) mass is 467 g/mol. The number of aromatic nitrogens is 2. The smallest absolute Gasteiger partial charge is 0.290 e. The molecule has 0 aliphatic carbocycles. The number of hydrogen-bond acceptors (Lipinski definition) is 8. The second-order valence-corrected chi connectivity index (χ2v) is 7.58. The number of ketones is 1. The zero-order valence-electron chi connectivity index (χ0n) is 19.1. The summed E-state index contributed by atoms with van der Waals surface area (Å²) in [5.41, 5.74) is 0.446. The van der Waals surface area contributed by atoms with Gasteiger partial charge in [0, 0.05) is 25.5 Å². The highest BCUT2D eigenvalue weighted by molar-refractivity contribution is 6.15. The van der Waals surface area contributed by atoms with Crippen molar-refractivity contribution in [2.75, 3.05) is 27.9 Å². The molecule has 10 nitrogen and oxygen atoms in total. The van der Waals surface area contributed by atoms with Gasteiger partial charge in [0.15, 0.2) is 23.0 Å². The van der Waals surface area contributed by atoms with E-state index in [1.165, 1.54) is 38.6 Å². The topological polar surface area (TPSA) is 116 Å². The maximum absolute atomic E-state index is 13.3. The van der Waals surface area contributed by atoms with E-state index in [1.54, 1.807) is 30.7 Å². The van der Waals surface area contributed by atoms with Gasteiger partial charge in [-0.25, -0.2) is 4.98 Å². The molecule has 34 heavy (non-hydrogen) atoms. The van der Waals surface area contributed by atoms with Crippen LogP contribution >= 0.6 is 0 Å². The molecule has 0 unspecified atom stereocenters. The average Bonchev–Trinajstić information content (AvgIpc) is 3.61. The Balaban J connectivity index is 1.77. The maximum Gasteiger partial charge on any atom is 0.290 e. The third-order valence-electron chi connectivity index (χ3n) is 5.67. The van der Waals surface area contributed by atoms with Crippen molar-refractivity contribution in [3.05, 3.63) is 71.9 Å². The molecule has 1 atom stereocenters. The van der Waals surface area contributed by atoms with Crippen molar-refractivity contribution in [3.8, 4) is 17.2 Å². The highest BCUT2D eigenvalue weighted by Gasteiger charge is 2.44. The number of methoxy groups -OCH3 is 3. The van der Waals surface area contributed by atoms with Gasteiger partial charge in [0.25, 0.3) is 5.91 Å². The SMILES string of the molecule is COc1cc([C@@H]2C(C(=O)c3ccco3)=C(O)C(=O)N2CCCn2ccnc2)cc(OC)c1OC. The maximum atomic E-state index is 13.3. The van der Waals surface area contributed by atoms with Crippen LogP contribution in [0.25, 0.3) is 0 Å². The number of carbonyl (C=O) groups excluding carboxylic acids is 2. The van der Waals surface area contributed by atoms with Crippen LogP contribution in [0.3, 0.4) is 0 Å². The van der Waals surface area contributed by atoms with Crippen molar-refractivity contribution in [2.24, 2.45) is 0 Å². The van der Waals surface area contributed by atoms with Gasteiger partial charge in [-0.05, 0) is 36.2 Å². The van der Waals surface area contributed by atoms with E-state index in [-0.39, 0.29) is 17.9 Å². The number of furan rings is 1. The quantitative estimate of drug-likeness (QED) is 0.452. The van der Waals surface area contributed by atoms with E-state index in [2.05, 4.69) is 4.98 Å². The zero-order valence-corrected chi connectivity index (χ0v) is 19.1. The van der Waals surface area contributed by atoms with Crippen molar-refractivity contribution in [2.45, 2.75) is 19.0 Å². The molecule has 0 fully saturated rings. The first-order valence-electron chi connectivity index (χ1n) is 10.6. The van der Waals surface area contributed by atoms with E-state index >= 15 is 0 Å². The van der Waals surface area contributed by atoms with Gasteiger partial charge < -0.3 is 33.2 Å². The minimum Gasteiger partial charge on any atom is -0.503 e. The lowest BCUT2D eigenvalue weighted by Crippen LogP contribution is -2.32. The first-order chi connectivity index (χ1) is 16.5. The Morgan fingerprint density at radius 2 is 1.88 bits per heavy atom. The van der Waals surface area contributed by atoms with Gasteiger partial charge >= 0.3 is 0 Å². The number of amides is 1. The number of hydrogen-bond donors (Lipinski definition) is 1. The predicted molar refractivity (Wildman–Crippen MR) is 120 cm³/mol. The Morgan fingerprint density at radius 3 is 2.44 bits per heavy atom. The Morgan fingerprint density at radius 1 is 1.15 bits per heavy atom. The van der Waals surface area contributed by atoms with Crippen molar-refractivity contribution >= 4 is 11.7 Å². The van der Waals surface area contributed by atoms with Gasteiger partial charge in [0.05, 0.1) is 45.5 Å². The molecule has 178 valence electrons. The summed E-state index contributed by atoms with van der Waals surface area (Å²) in [6, 6.07) is 5.49. The first-order valence-corrected chi connectivity index (χ1v) is 10.6. The van der Waals surface area contributed by atoms with E-state index in [4.69, 9.17) is 18.6 Å². The number of aryl methyl sites for hydroxylation is 1. The molecule has 1 N–H and O–H groups in total. The van der Waals surface area contributed by atoms with Crippen LogP contribution in [0.4, 0.5) is 0 Å². The summed E-state index contributed by atoms with van der Waals surface area (Å²) in [6.45, 7) is 0.880. The van der Waals surface area contributed by atoms with Crippen molar-refractivity contribution in [1.29, 1.82) is 0 Å². The Labute approximate surface area is 196 Å². The molecule has 3 aromatic rings. The molecule has 4 rings (SSSR count). The molecule has 0 spiro atoms. The van der Waals surface area contributed by atoms with Crippen molar-refractivity contribution < 1.29 is 33.3 Å². The number of Topliss-reactive ketones (excluding diaryl/α,β-unsaturated/α-hetero) is 1. The average molecular weight is 467 g/mol. The van der Waals surface area contributed by atoms with E-state index < -0.39 is 23.5 Å². The van der Waals surface area contributed by atoms with Crippen LogP contribution in [0.2, 0.25) is 0 Å². The van der Waals surface area contributed by atoms with Crippen molar-refractivity contribution in [1.82, 2.24) is 14.5 Å². The molecule has 3 heterocycles. The molecule has 1 aliphatic rings. The van der Waals surface area contributed by atoms with Crippen LogP contribution < -0.4 is 14.2 Å². The number of rotatable bonds is 10. The highest BCUT2D eigenvalue weighted by Crippen LogP contribution is 2.45. The van der Waals surface area contributed by atoms with Crippen molar-refractivity contribution in [3.63, 3.8) is 0 Å². The molecule has 1 aliphatic heterocycles. The third-order valence-corrected chi connectivity index (χ3v) is 5.67. The summed E-state index contributed by atoms with van der Waals surface area (Å²) in [6.07, 6.45) is 7.11. The lowest BCUT2D eigenvalue weighted by atomic mass is 9.94. The van der Waals surface area contributed by atoms with Gasteiger partial charge in [-0.15, -0.1) is 0 Å². The summed E-state index contributed by atoms with van der Waals surface area (Å²) in [5.74, 6) is -0.713. The third kappa shape index (κ3) is 4.09. The lowest BCUT2D eigenvalue weighted by Gasteiger charge is -2.27. The van der Waals surface area contributed by atoms with E-state index in [9.17, 15) is 14.7 Å². The van der Waals surface area contributed by atoms with Gasteiger partial charge in [-0.1, -0.05) is 0 Å². The van der Waals surface area contributed by atoms with Crippen LogP contribution in [0.15, 0.2) is 65.0 Å². The zero-order chi connectivity index (χ0) is 24.2. The first kappa shape index (κ1) is 23.0. The molecule has 0 bridgehead atoms. The number of ether oxygens (including phenoxy) is 3. The number of nitrogens with zero attached hydrogens (tertiary/aromatic N) is 3. The van der Waals surface area contributed by atoms with Crippen LogP contribution in [0, 0.1) is 0 Å². The largest absolute Gasteiger partial charge is 0.503 e. The van der Waals surface area contributed by atoms with E-state index in [0.717, 1.165) is 0 Å². The Kier molecular flexibility index (Phi) is 6.58. The minimum atomic E-state index is -0.887. The summed E-state index contributed by atoms with van der Waals surface area (Å²) < 4.78 is 23.5. The van der Waals surface area contributed by atoms with E-state index in [0.29, 0.717) is 35.8 Å².